The summed E-state index contributed by atoms with van der Waals surface area (Å²) in [7, 11) is 2.24. The fourth-order valence-corrected chi connectivity index (χ4v) is 3.07. The Morgan fingerprint density at radius 1 is 1.28 bits per heavy atom. The first kappa shape index (κ1) is 12.5. The maximum Gasteiger partial charge on any atom is 0.0408 e. The van der Waals surface area contributed by atoms with Crippen LogP contribution in [-0.4, -0.2) is 37.1 Å². The van der Waals surface area contributed by atoms with Gasteiger partial charge in [-0.05, 0) is 56.0 Å². The summed E-state index contributed by atoms with van der Waals surface area (Å²) in [6.07, 6.45) is 5.07. The highest BCUT2D eigenvalue weighted by Crippen LogP contribution is 2.26. The summed E-state index contributed by atoms with van der Waals surface area (Å²) in [6, 6.07) is 7.77. The van der Waals surface area contributed by atoms with Gasteiger partial charge in [0.25, 0.3) is 0 Å². The minimum atomic E-state index is 0.603. The largest absolute Gasteiger partial charge is 0.312 e. The first-order chi connectivity index (χ1) is 8.72. The molecule has 2 aliphatic carbocycles. The summed E-state index contributed by atoms with van der Waals surface area (Å²) < 4.78 is 0. The minimum absolute atomic E-state index is 0.603. The molecule has 1 unspecified atom stereocenters. The van der Waals surface area contributed by atoms with Gasteiger partial charge in [0.2, 0.25) is 0 Å². The Morgan fingerprint density at radius 2 is 2.06 bits per heavy atom. The van der Waals surface area contributed by atoms with Crippen molar-refractivity contribution in [3.05, 3.63) is 34.3 Å². The zero-order chi connectivity index (χ0) is 12.5. The van der Waals surface area contributed by atoms with Crippen molar-refractivity contribution in [2.24, 2.45) is 0 Å². The highest BCUT2D eigenvalue weighted by Gasteiger charge is 2.26. The van der Waals surface area contributed by atoms with Crippen molar-refractivity contribution in [1.29, 1.82) is 0 Å². The fourth-order valence-electron chi connectivity index (χ4n) is 2.87. The number of hydrogen-bond donors (Lipinski definition) is 1. The molecule has 0 spiro atoms. The van der Waals surface area contributed by atoms with Crippen LogP contribution in [0.5, 0.6) is 0 Å². The number of halogens is 1. The van der Waals surface area contributed by atoms with Gasteiger partial charge in [0.15, 0.2) is 0 Å². The molecule has 18 heavy (non-hydrogen) atoms. The van der Waals surface area contributed by atoms with E-state index < -0.39 is 0 Å². The van der Waals surface area contributed by atoms with Crippen LogP contribution < -0.4 is 5.32 Å². The molecular weight excluding hydrogens is 244 g/mol. The number of rotatable bonds is 5. The quantitative estimate of drug-likeness (QED) is 0.879. The normalized spacial score (nSPS) is 22.5. The van der Waals surface area contributed by atoms with Gasteiger partial charge in [-0.1, -0.05) is 17.7 Å². The number of nitrogens with one attached hydrogen (secondary N) is 1. The molecule has 2 nitrogen and oxygen atoms in total. The Hall–Kier alpha value is -0.570. The van der Waals surface area contributed by atoms with E-state index in [2.05, 4.69) is 29.4 Å². The molecule has 1 N–H and O–H groups in total. The van der Waals surface area contributed by atoms with Gasteiger partial charge in [-0.3, -0.25) is 0 Å². The fraction of sp³-hybridized carbons (Fsp3) is 0.600. The second-order valence-electron chi connectivity index (χ2n) is 5.68. The molecule has 0 radical (unpaired) electrons. The Labute approximate surface area is 114 Å². The topological polar surface area (TPSA) is 15.3 Å². The predicted molar refractivity (Wildman–Crippen MR) is 76.3 cm³/mol. The Bertz CT molecular complexity index is 429. The van der Waals surface area contributed by atoms with Gasteiger partial charge in [0, 0.05) is 30.2 Å². The maximum absolute atomic E-state index is 6.03. The van der Waals surface area contributed by atoms with Crippen LogP contribution in [0.4, 0.5) is 0 Å². The molecule has 3 heteroatoms. The Kier molecular flexibility index (Phi) is 3.60. The van der Waals surface area contributed by atoms with Gasteiger partial charge >= 0.3 is 0 Å². The summed E-state index contributed by atoms with van der Waals surface area (Å²) in [5, 5.41) is 4.54. The molecule has 0 amide bonds. The third-order valence-electron chi connectivity index (χ3n) is 4.17. The smallest absolute Gasteiger partial charge is 0.0408 e. The highest BCUT2D eigenvalue weighted by molar-refractivity contribution is 6.30. The molecule has 0 bridgehead atoms. The third-order valence-corrected chi connectivity index (χ3v) is 4.40. The van der Waals surface area contributed by atoms with E-state index in [1.807, 2.05) is 6.07 Å². The molecule has 0 aliphatic heterocycles. The Balaban J connectivity index is 1.45. The molecule has 3 rings (SSSR count). The van der Waals surface area contributed by atoms with Gasteiger partial charge in [0.05, 0.1) is 0 Å². The van der Waals surface area contributed by atoms with Crippen LogP contribution in [0, 0.1) is 0 Å². The van der Waals surface area contributed by atoms with Crippen molar-refractivity contribution in [1.82, 2.24) is 10.2 Å². The SMILES string of the molecule is CN(CCNC1Cc2ccc(Cl)cc2C1)C1CC1. The molecule has 98 valence electrons. The minimum Gasteiger partial charge on any atom is -0.312 e. The molecule has 0 aromatic heterocycles. The molecular formula is C15H21ClN2. The molecule has 1 aromatic rings. The molecule has 0 heterocycles. The lowest BCUT2D eigenvalue weighted by Gasteiger charge is -2.18. The summed E-state index contributed by atoms with van der Waals surface area (Å²) in [6.45, 7) is 2.26. The van der Waals surface area contributed by atoms with E-state index >= 15 is 0 Å². The van der Waals surface area contributed by atoms with E-state index in [1.165, 1.54) is 24.0 Å². The lowest BCUT2D eigenvalue weighted by molar-refractivity contribution is 0.315. The Morgan fingerprint density at radius 3 is 2.83 bits per heavy atom. The van der Waals surface area contributed by atoms with Gasteiger partial charge in [-0.25, -0.2) is 0 Å². The van der Waals surface area contributed by atoms with Crippen LogP contribution in [0.1, 0.15) is 24.0 Å². The van der Waals surface area contributed by atoms with E-state index in [0.717, 1.165) is 37.0 Å². The number of fused-ring (bicyclic) bond motifs is 1. The number of nitrogens with zero attached hydrogens (tertiary/aromatic N) is 1. The molecule has 2 aliphatic rings. The monoisotopic (exact) mass is 264 g/mol. The lowest BCUT2D eigenvalue weighted by Crippen LogP contribution is -2.36. The summed E-state index contributed by atoms with van der Waals surface area (Å²) in [5.41, 5.74) is 2.89. The lowest BCUT2D eigenvalue weighted by atomic mass is 10.1. The van der Waals surface area contributed by atoms with Crippen LogP contribution in [0.3, 0.4) is 0 Å². The van der Waals surface area contributed by atoms with E-state index in [9.17, 15) is 0 Å². The maximum atomic E-state index is 6.03. The molecule has 1 atom stereocenters. The van der Waals surface area contributed by atoms with Crippen molar-refractivity contribution in [3.8, 4) is 0 Å². The van der Waals surface area contributed by atoms with Crippen LogP contribution in [0.25, 0.3) is 0 Å². The van der Waals surface area contributed by atoms with Crippen LogP contribution in [0.15, 0.2) is 18.2 Å². The van der Waals surface area contributed by atoms with Crippen LogP contribution >= 0.6 is 11.6 Å². The molecule has 1 saturated carbocycles. The van der Waals surface area contributed by atoms with Crippen molar-refractivity contribution >= 4 is 11.6 Å². The summed E-state index contributed by atoms with van der Waals surface area (Å²) >= 11 is 6.03. The van der Waals surface area contributed by atoms with Crippen LogP contribution in [0.2, 0.25) is 5.02 Å². The average molecular weight is 265 g/mol. The van der Waals surface area contributed by atoms with Crippen molar-refractivity contribution in [3.63, 3.8) is 0 Å². The predicted octanol–water partition coefficient (Wildman–Crippen LogP) is 2.49. The number of likely N-dealkylation sites (N-methyl/N-ethyl adjacent to an activating group) is 1. The van der Waals surface area contributed by atoms with Gasteiger partial charge in [0.1, 0.15) is 0 Å². The number of hydrogen-bond acceptors (Lipinski definition) is 2. The van der Waals surface area contributed by atoms with Crippen molar-refractivity contribution in [2.45, 2.75) is 37.8 Å². The zero-order valence-electron chi connectivity index (χ0n) is 11.0. The van der Waals surface area contributed by atoms with E-state index in [-0.39, 0.29) is 0 Å². The van der Waals surface area contributed by atoms with Gasteiger partial charge in [-0.2, -0.15) is 0 Å². The first-order valence-electron chi connectivity index (χ1n) is 6.93. The summed E-state index contributed by atoms with van der Waals surface area (Å²) in [5.74, 6) is 0. The average Bonchev–Trinajstić information content (AvgIpc) is 3.11. The number of benzene rings is 1. The standard InChI is InChI=1S/C15H21ClN2/c1-18(15-4-5-15)7-6-17-14-9-11-2-3-13(16)8-12(11)10-14/h2-3,8,14-15,17H,4-7,9-10H2,1H3. The van der Waals surface area contributed by atoms with Gasteiger partial charge in [-0.15, -0.1) is 0 Å². The molecule has 1 aromatic carbocycles. The van der Waals surface area contributed by atoms with E-state index in [4.69, 9.17) is 11.6 Å². The van der Waals surface area contributed by atoms with Crippen molar-refractivity contribution < 1.29 is 0 Å². The summed E-state index contributed by atoms with van der Waals surface area (Å²) in [4.78, 5) is 2.48. The molecule has 0 saturated heterocycles. The first-order valence-corrected chi connectivity index (χ1v) is 7.31. The van der Waals surface area contributed by atoms with Crippen molar-refractivity contribution in [2.75, 3.05) is 20.1 Å². The molecule has 1 fully saturated rings. The zero-order valence-corrected chi connectivity index (χ0v) is 11.7. The highest BCUT2D eigenvalue weighted by atomic mass is 35.5. The second kappa shape index (κ2) is 5.20. The van der Waals surface area contributed by atoms with E-state index in [1.54, 1.807) is 0 Å². The second-order valence-corrected chi connectivity index (χ2v) is 6.12. The van der Waals surface area contributed by atoms with E-state index in [0.29, 0.717) is 6.04 Å². The third kappa shape index (κ3) is 2.87. The van der Waals surface area contributed by atoms with Gasteiger partial charge < -0.3 is 10.2 Å². The van der Waals surface area contributed by atoms with Crippen LogP contribution in [-0.2, 0) is 12.8 Å².